The lowest BCUT2D eigenvalue weighted by Crippen LogP contribution is -2.42. The van der Waals surface area contributed by atoms with Crippen molar-refractivity contribution in [2.24, 2.45) is 5.41 Å². The molecule has 1 aliphatic rings. The number of hydrogen-bond acceptors (Lipinski definition) is 2. The summed E-state index contributed by atoms with van der Waals surface area (Å²) in [6.07, 6.45) is 1.99. The molecule has 2 N–H and O–H groups in total. The highest BCUT2D eigenvalue weighted by Crippen LogP contribution is 2.28. The quantitative estimate of drug-likeness (QED) is 0.840. The first-order valence-electron chi connectivity index (χ1n) is 6.55. The fraction of sp³-hybridized carbons (Fsp3) is 0.500. The van der Waals surface area contributed by atoms with E-state index >= 15 is 0 Å². The number of benzene rings is 1. The van der Waals surface area contributed by atoms with Crippen LogP contribution in [0, 0.1) is 11.2 Å². The summed E-state index contributed by atoms with van der Waals surface area (Å²) in [4.78, 5) is 12.1. The van der Waals surface area contributed by atoms with Gasteiger partial charge in [-0.1, -0.05) is 30.1 Å². The van der Waals surface area contributed by atoms with E-state index in [1.807, 2.05) is 0 Å². The Morgan fingerprint density at radius 2 is 2.00 bits per heavy atom. The second-order valence-electron chi connectivity index (χ2n) is 5.49. The summed E-state index contributed by atoms with van der Waals surface area (Å²) in [6, 6.07) is 2.32. The summed E-state index contributed by atoms with van der Waals surface area (Å²) in [6.45, 7) is 4.58. The molecule has 0 spiro atoms. The summed E-state index contributed by atoms with van der Waals surface area (Å²) in [5, 5.41) is 6.19. The minimum Gasteiger partial charge on any atom is -0.351 e. The smallest absolute Gasteiger partial charge is 0.252 e. The van der Waals surface area contributed by atoms with Gasteiger partial charge in [0.2, 0.25) is 0 Å². The molecule has 0 saturated carbocycles. The highest BCUT2D eigenvalue weighted by molar-refractivity contribution is 6.36. The van der Waals surface area contributed by atoms with Crippen LogP contribution in [-0.2, 0) is 0 Å². The molecule has 0 aliphatic carbocycles. The largest absolute Gasteiger partial charge is 0.351 e. The van der Waals surface area contributed by atoms with Crippen molar-refractivity contribution in [1.82, 2.24) is 10.6 Å². The Hall–Kier alpha value is -0.840. The van der Waals surface area contributed by atoms with Crippen LogP contribution in [-0.4, -0.2) is 25.5 Å². The van der Waals surface area contributed by atoms with Gasteiger partial charge in [-0.25, -0.2) is 4.39 Å². The average molecular weight is 319 g/mol. The van der Waals surface area contributed by atoms with Gasteiger partial charge in [0.15, 0.2) is 0 Å². The van der Waals surface area contributed by atoms with Crippen LogP contribution in [0.3, 0.4) is 0 Å². The third kappa shape index (κ3) is 3.62. The SMILES string of the molecule is CC1(CNC(=O)c2cc(F)c(Cl)cc2Cl)CCNCC1. The molecule has 1 aromatic rings. The summed E-state index contributed by atoms with van der Waals surface area (Å²) >= 11 is 11.5. The molecule has 0 unspecified atom stereocenters. The predicted octanol–water partition coefficient (Wildman–Crippen LogP) is 3.25. The number of amides is 1. The van der Waals surface area contributed by atoms with Crippen LogP contribution in [0.4, 0.5) is 4.39 Å². The van der Waals surface area contributed by atoms with Gasteiger partial charge in [-0.2, -0.15) is 0 Å². The van der Waals surface area contributed by atoms with Crippen molar-refractivity contribution in [3.05, 3.63) is 33.6 Å². The van der Waals surface area contributed by atoms with Crippen LogP contribution in [0.15, 0.2) is 12.1 Å². The van der Waals surface area contributed by atoms with E-state index < -0.39 is 5.82 Å². The molecule has 0 bridgehead atoms. The Balaban J connectivity index is 2.03. The molecule has 1 aromatic carbocycles. The maximum atomic E-state index is 13.4. The van der Waals surface area contributed by atoms with E-state index in [0.717, 1.165) is 32.0 Å². The standard InChI is InChI=1S/C14H17Cl2FN2O/c1-14(2-4-18-5-3-14)8-19-13(20)9-6-12(17)11(16)7-10(9)15/h6-7,18H,2-5,8H2,1H3,(H,19,20). The number of piperidine rings is 1. The number of carbonyl (C=O) groups is 1. The summed E-state index contributed by atoms with van der Waals surface area (Å²) < 4.78 is 13.4. The molecule has 1 aliphatic heterocycles. The van der Waals surface area contributed by atoms with Gasteiger partial charge in [0, 0.05) is 6.54 Å². The lowest BCUT2D eigenvalue weighted by molar-refractivity contribution is 0.0922. The molecule has 0 aromatic heterocycles. The minimum absolute atomic E-state index is 0.0678. The van der Waals surface area contributed by atoms with Crippen molar-refractivity contribution in [2.75, 3.05) is 19.6 Å². The van der Waals surface area contributed by atoms with Crippen molar-refractivity contribution >= 4 is 29.1 Å². The minimum atomic E-state index is -0.644. The van der Waals surface area contributed by atoms with E-state index in [4.69, 9.17) is 23.2 Å². The first-order valence-corrected chi connectivity index (χ1v) is 7.30. The Morgan fingerprint density at radius 1 is 1.35 bits per heavy atom. The number of rotatable bonds is 3. The van der Waals surface area contributed by atoms with Gasteiger partial charge in [0.25, 0.3) is 5.91 Å². The molecule has 1 heterocycles. The van der Waals surface area contributed by atoms with Crippen molar-refractivity contribution < 1.29 is 9.18 Å². The Morgan fingerprint density at radius 3 is 2.65 bits per heavy atom. The van der Waals surface area contributed by atoms with Crippen LogP contribution in [0.25, 0.3) is 0 Å². The molecule has 110 valence electrons. The topological polar surface area (TPSA) is 41.1 Å². The Kier molecular flexibility index (Phi) is 4.89. The van der Waals surface area contributed by atoms with Crippen LogP contribution in [0.2, 0.25) is 10.0 Å². The molecule has 1 fully saturated rings. The third-order valence-electron chi connectivity index (χ3n) is 3.74. The van der Waals surface area contributed by atoms with E-state index in [2.05, 4.69) is 17.6 Å². The molecule has 20 heavy (non-hydrogen) atoms. The summed E-state index contributed by atoms with van der Waals surface area (Å²) in [7, 11) is 0. The second kappa shape index (κ2) is 6.29. The number of hydrogen-bond donors (Lipinski definition) is 2. The zero-order valence-electron chi connectivity index (χ0n) is 11.2. The lowest BCUT2D eigenvalue weighted by Gasteiger charge is -2.34. The van der Waals surface area contributed by atoms with E-state index in [0.29, 0.717) is 6.54 Å². The van der Waals surface area contributed by atoms with Crippen LogP contribution in [0.5, 0.6) is 0 Å². The highest BCUT2D eigenvalue weighted by atomic mass is 35.5. The first-order chi connectivity index (χ1) is 9.41. The first kappa shape index (κ1) is 15.5. The van der Waals surface area contributed by atoms with Crippen molar-refractivity contribution in [3.63, 3.8) is 0 Å². The van der Waals surface area contributed by atoms with Gasteiger partial charge >= 0.3 is 0 Å². The fourth-order valence-corrected chi connectivity index (χ4v) is 2.76. The van der Waals surface area contributed by atoms with Gasteiger partial charge in [0.1, 0.15) is 5.82 Å². The number of nitrogens with one attached hydrogen (secondary N) is 2. The van der Waals surface area contributed by atoms with Gasteiger partial charge in [-0.15, -0.1) is 0 Å². The molecule has 6 heteroatoms. The third-order valence-corrected chi connectivity index (χ3v) is 4.34. The molecule has 0 atom stereocenters. The van der Waals surface area contributed by atoms with Gasteiger partial charge in [-0.05, 0) is 43.5 Å². The van der Waals surface area contributed by atoms with Crippen LogP contribution in [0.1, 0.15) is 30.1 Å². The molecule has 3 nitrogen and oxygen atoms in total. The number of carbonyl (C=O) groups excluding carboxylic acids is 1. The van der Waals surface area contributed by atoms with E-state index in [1.165, 1.54) is 6.07 Å². The summed E-state index contributed by atoms with van der Waals surface area (Å²) in [5.74, 6) is -1.01. The van der Waals surface area contributed by atoms with Gasteiger partial charge in [-0.3, -0.25) is 4.79 Å². The Bertz CT molecular complexity index is 516. The maximum Gasteiger partial charge on any atom is 0.252 e. The monoisotopic (exact) mass is 318 g/mol. The molecule has 1 saturated heterocycles. The maximum absolute atomic E-state index is 13.4. The average Bonchev–Trinajstić information content (AvgIpc) is 2.41. The number of halogens is 3. The van der Waals surface area contributed by atoms with Crippen molar-refractivity contribution in [1.29, 1.82) is 0 Å². The highest BCUT2D eigenvalue weighted by Gasteiger charge is 2.27. The molecular weight excluding hydrogens is 302 g/mol. The van der Waals surface area contributed by atoms with Gasteiger partial charge < -0.3 is 10.6 Å². The van der Waals surface area contributed by atoms with E-state index in [1.54, 1.807) is 0 Å². The zero-order valence-corrected chi connectivity index (χ0v) is 12.7. The predicted molar refractivity (Wildman–Crippen MR) is 79.0 cm³/mol. The van der Waals surface area contributed by atoms with Crippen molar-refractivity contribution in [2.45, 2.75) is 19.8 Å². The van der Waals surface area contributed by atoms with Crippen LogP contribution >= 0.6 is 23.2 Å². The molecule has 0 radical (unpaired) electrons. The molecule has 1 amide bonds. The van der Waals surface area contributed by atoms with Gasteiger partial charge in [0.05, 0.1) is 15.6 Å². The second-order valence-corrected chi connectivity index (χ2v) is 6.30. The van der Waals surface area contributed by atoms with E-state index in [-0.39, 0.29) is 26.9 Å². The normalized spacial score (nSPS) is 17.8. The van der Waals surface area contributed by atoms with E-state index in [9.17, 15) is 9.18 Å². The molecular formula is C14H17Cl2FN2O. The fourth-order valence-electron chi connectivity index (χ4n) is 2.29. The lowest BCUT2D eigenvalue weighted by atomic mass is 9.81. The Labute approximate surface area is 127 Å². The summed E-state index contributed by atoms with van der Waals surface area (Å²) in [5.41, 5.74) is 0.185. The molecule has 2 rings (SSSR count). The van der Waals surface area contributed by atoms with Crippen LogP contribution < -0.4 is 10.6 Å². The van der Waals surface area contributed by atoms with Crippen molar-refractivity contribution in [3.8, 4) is 0 Å². The zero-order chi connectivity index (χ0) is 14.8.